The molecule has 2 aliphatic rings. The lowest BCUT2D eigenvalue weighted by molar-refractivity contribution is 0.0122. The van der Waals surface area contributed by atoms with Crippen LogP contribution >= 0.6 is 0 Å². The average Bonchev–Trinajstić information content (AvgIpc) is 2.12. The van der Waals surface area contributed by atoms with Gasteiger partial charge >= 0.3 is 0 Å². The monoisotopic (exact) mass is 127 g/mol. The quantitative estimate of drug-likeness (QED) is 0.495. The fraction of sp³-hybridized carbons (Fsp3) is 0.833. The molecule has 0 amide bonds. The minimum absolute atomic E-state index is 0.0145. The van der Waals surface area contributed by atoms with Crippen LogP contribution in [-0.4, -0.2) is 29.8 Å². The Hall–Kier alpha value is -0.570. The van der Waals surface area contributed by atoms with E-state index in [0.29, 0.717) is 6.61 Å². The molecule has 3 heteroatoms. The van der Waals surface area contributed by atoms with Crippen molar-refractivity contribution >= 4 is 6.40 Å². The van der Waals surface area contributed by atoms with Gasteiger partial charge in [-0.05, 0) is 0 Å². The predicted octanol–water partition coefficient (Wildman–Crippen LogP) is -0.0616. The molecular weight excluding hydrogens is 118 g/mol. The largest absolute Gasteiger partial charge is 0.481 e. The first-order valence-electron chi connectivity index (χ1n) is 3.14. The maximum atomic E-state index is 8.94. The lowest BCUT2D eigenvalue weighted by atomic mass is 9.76. The Morgan fingerprint density at radius 3 is 2.89 bits per heavy atom. The molecule has 1 heterocycles. The van der Waals surface area contributed by atoms with E-state index < -0.39 is 0 Å². The van der Waals surface area contributed by atoms with Gasteiger partial charge in [0.15, 0.2) is 6.40 Å². The van der Waals surface area contributed by atoms with E-state index in [1.807, 2.05) is 0 Å². The van der Waals surface area contributed by atoms with E-state index in [4.69, 9.17) is 9.84 Å². The number of rotatable bonds is 0. The molecule has 1 aliphatic heterocycles. The molecule has 1 aliphatic carbocycles. The third-order valence-electron chi connectivity index (χ3n) is 1.98. The normalized spacial score (nSPS) is 47.0. The van der Waals surface area contributed by atoms with Gasteiger partial charge in [-0.25, -0.2) is 4.99 Å². The van der Waals surface area contributed by atoms with Gasteiger partial charge in [0.05, 0.1) is 6.10 Å². The van der Waals surface area contributed by atoms with Gasteiger partial charge in [-0.3, -0.25) is 0 Å². The summed E-state index contributed by atoms with van der Waals surface area (Å²) in [6, 6.07) is 0. The summed E-state index contributed by atoms with van der Waals surface area (Å²) < 4.78 is 4.95. The van der Waals surface area contributed by atoms with Crippen molar-refractivity contribution in [3.05, 3.63) is 0 Å². The van der Waals surface area contributed by atoms with Crippen molar-refractivity contribution in [2.75, 3.05) is 6.61 Å². The summed E-state index contributed by atoms with van der Waals surface area (Å²) in [5, 5.41) is 8.94. The number of hydrogen-bond donors (Lipinski definition) is 1. The molecule has 0 aromatic carbocycles. The fourth-order valence-electron chi connectivity index (χ4n) is 1.42. The van der Waals surface area contributed by atoms with Gasteiger partial charge in [-0.15, -0.1) is 0 Å². The maximum Gasteiger partial charge on any atom is 0.170 e. The Balaban J connectivity index is 2.04. The predicted molar refractivity (Wildman–Crippen MR) is 32.4 cm³/mol. The minimum atomic E-state index is -0.135. The highest BCUT2D eigenvalue weighted by Crippen LogP contribution is 2.37. The Morgan fingerprint density at radius 1 is 1.67 bits per heavy atom. The Labute approximate surface area is 53.4 Å². The van der Waals surface area contributed by atoms with E-state index in [0.717, 1.165) is 12.8 Å². The number of ether oxygens (including phenoxy) is 1. The molecule has 2 rings (SSSR count). The van der Waals surface area contributed by atoms with E-state index in [-0.39, 0.29) is 11.6 Å². The summed E-state index contributed by atoms with van der Waals surface area (Å²) in [5.41, 5.74) is -0.0145. The van der Waals surface area contributed by atoms with Gasteiger partial charge in [0.25, 0.3) is 0 Å². The lowest BCUT2D eigenvalue weighted by Gasteiger charge is -2.37. The van der Waals surface area contributed by atoms with Crippen LogP contribution in [0.25, 0.3) is 0 Å². The lowest BCUT2D eigenvalue weighted by Crippen LogP contribution is -2.46. The van der Waals surface area contributed by atoms with Gasteiger partial charge < -0.3 is 9.84 Å². The zero-order valence-electron chi connectivity index (χ0n) is 5.08. The first kappa shape index (κ1) is 5.23. The zero-order chi connectivity index (χ0) is 6.32. The molecule has 1 saturated carbocycles. The van der Waals surface area contributed by atoms with E-state index in [1.165, 1.54) is 6.40 Å². The SMILES string of the molecule is OC1CC2(COC=N2)C1. The molecular formula is C6H9NO2. The van der Waals surface area contributed by atoms with Crippen LogP contribution in [0.2, 0.25) is 0 Å². The molecule has 9 heavy (non-hydrogen) atoms. The molecule has 0 atom stereocenters. The van der Waals surface area contributed by atoms with Crippen LogP contribution in [-0.2, 0) is 4.74 Å². The van der Waals surface area contributed by atoms with Crippen molar-refractivity contribution in [2.24, 2.45) is 4.99 Å². The third kappa shape index (κ3) is 0.645. The van der Waals surface area contributed by atoms with Gasteiger partial charge in [-0.1, -0.05) is 0 Å². The standard InChI is InChI=1S/C6H9NO2/c8-5-1-6(2-5)3-9-4-7-6/h4-5,8H,1-3H2. The van der Waals surface area contributed by atoms with Crippen molar-refractivity contribution in [3.8, 4) is 0 Å². The molecule has 0 unspecified atom stereocenters. The molecule has 3 nitrogen and oxygen atoms in total. The molecule has 0 radical (unpaired) electrons. The van der Waals surface area contributed by atoms with E-state index in [2.05, 4.69) is 4.99 Å². The summed E-state index contributed by atoms with van der Waals surface area (Å²) in [6.45, 7) is 0.671. The van der Waals surface area contributed by atoms with Gasteiger partial charge in [0, 0.05) is 12.8 Å². The average molecular weight is 127 g/mol. The van der Waals surface area contributed by atoms with E-state index in [1.54, 1.807) is 0 Å². The Bertz CT molecular complexity index is 149. The molecule has 1 spiro atoms. The molecule has 0 aromatic rings. The number of aliphatic hydroxyl groups is 1. The highest BCUT2D eigenvalue weighted by molar-refractivity contribution is 5.51. The van der Waals surface area contributed by atoms with Crippen LogP contribution in [0.1, 0.15) is 12.8 Å². The van der Waals surface area contributed by atoms with Crippen molar-refractivity contribution in [1.82, 2.24) is 0 Å². The van der Waals surface area contributed by atoms with Gasteiger partial charge in [-0.2, -0.15) is 0 Å². The fourth-order valence-corrected chi connectivity index (χ4v) is 1.42. The molecule has 1 N–H and O–H groups in total. The number of aliphatic imine (C=N–C) groups is 1. The summed E-state index contributed by atoms with van der Waals surface area (Å²) >= 11 is 0. The van der Waals surface area contributed by atoms with Crippen LogP contribution in [0.15, 0.2) is 4.99 Å². The second-order valence-electron chi connectivity index (χ2n) is 2.83. The molecule has 0 aromatic heterocycles. The molecule has 50 valence electrons. The minimum Gasteiger partial charge on any atom is -0.481 e. The highest BCUT2D eigenvalue weighted by atomic mass is 16.5. The summed E-state index contributed by atoms with van der Waals surface area (Å²) in [4.78, 5) is 4.12. The van der Waals surface area contributed by atoms with E-state index >= 15 is 0 Å². The zero-order valence-corrected chi connectivity index (χ0v) is 5.08. The molecule has 0 saturated heterocycles. The molecule has 0 bridgehead atoms. The number of aliphatic hydroxyl groups excluding tert-OH is 1. The van der Waals surface area contributed by atoms with E-state index in [9.17, 15) is 0 Å². The Morgan fingerprint density at radius 2 is 2.44 bits per heavy atom. The maximum absolute atomic E-state index is 8.94. The second kappa shape index (κ2) is 1.48. The highest BCUT2D eigenvalue weighted by Gasteiger charge is 2.45. The van der Waals surface area contributed by atoms with Gasteiger partial charge in [0.1, 0.15) is 12.1 Å². The van der Waals surface area contributed by atoms with Crippen LogP contribution in [0, 0.1) is 0 Å². The summed E-state index contributed by atoms with van der Waals surface area (Å²) in [6.07, 6.45) is 2.92. The van der Waals surface area contributed by atoms with Gasteiger partial charge in [0.2, 0.25) is 0 Å². The Kier molecular flexibility index (Phi) is 0.858. The molecule has 1 fully saturated rings. The van der Waals surface area contributed by atoms with Crippen LogP contribution in [0.4, 0.5) is 0 Å². The third-order valence-corrected chi connectivity index (χ3v) is 1.98. The van der Waals surface area contributed by atoms with Crippen molar-refractivity contribution in [2.45, 2.75) is 24.5 Å². The van der Waals surface area contributed by atoms with Crippen LogP contribution < -0.4 is 0 Å². The first-order chi connectivity index (χ1) is 4.31. The van der Waals surface area contributed by atoms with Crippen LogP contribution in [0.3, 0.4) is 0 Å². The summed E-state index contributed by atoms with van der Waals surface area (Å²) in [5.74, 6) is 0. The van der Waals surface area contributed by atoms with Crippen LogP contribution in [0.5, 0.6) is 0 Å². The number of nitrogens with zero attached hydrogens (tertiary/aromatic N) is 1. The number of hydrogen-bond acceptors (Lipinski definition) is 3. The van der Waals surface area contributed by atoms with Crippen molar-refractivity contribution < 1.29 is 9.84 Å². The first-order valence-corrected chi connectivity index (χ1v) is 3.14. The smallest absolute Gasteiger partial charge is 0.170 e. The van der Waals surface area contributed by atoms with Crippen molar-refractivity contribution in [3.63, 3.8) is 0 Å². The second-order valence-corrected chi connectivity index (χ2v) is 2.83. The topological polar surface area (TPSA) is 41.8 Å². The summed E-state index contributed by atoms with van der Waals surface area (Å²) in [7, 11) is 0. The van der Waals surface area contributed by atoms with Crippen molar-refractivity contribution in [1.29, 1.82) is 0 Å².